The second-order valence-electron chi connectivity index (χ2n) is 2.97. The molecule has 0 saturated heterocycles. The van der Waals surface area contributed by atoms with Crippen molar-refractivity contribution in [3.63, 3.8) is 0 Å². The number of methoxy groups -OCH3 is 1. The van der Waals surface area contributed by atoms with Crippen LogP contribution in [0.25, 0.3) is 0 Å². The molecule has 4 nitrogen and oxygen atoms in total. The van der Waals surface area contributed by atoms with Gasteiger partial charge < -0.3 is 9.29 Å². The Balaban J connectivity index is 0.00000289. The van der Waals surface area contributed by atoms with Crippen molar-refractivity contribution >= 4 is 17.0 Å². The van der Waals surface area contributed by atoms with Gasteiger partial charge in [-0.1, -0.05) is 0 Å². The molecular formula is C9H6F3NaO4S. The summed E-state index contributed by atoms with van der Waals surface area (Å²) in [4.78, 5) is 10.5. The molecule has 0 radical (unpaired) electrons. The van der Waals surface area contributed by atoms with Crippen LogP contribution in [-0.2, 0) is 22.0 Å². The second kappa shape index (κ2) is 6.67. The van der Waals surface area contributed by atoms with Gasteiger partial charge in [-0.2, -0.15) is 13.2 Å². The van der Waals surface area contributed by atoms with Gasteiger partial charge in [0.1, 0.15) is 0 Å². The average Bonchev–Trinajstić information content (AvgIpc) is 2.26. The Hall–Kier alpha value is -0.410. The summed E-state index contributed by atoms with van der Waals surface area (Å²) >= 11 is -2.86. The van der Waals surface area contributed by atoms with Crippen molar-refractivity contribution in [1.82, 2.24) is 0 Å². The summed E-state index contributed by atoms with van der Waals surface area (Å²) in [6.07, 6.45) is -4.74. The van der Waals surface area contributed by atoms with Gasteiger partial charge in [0.25, 0.3) is 0 Å². The molecular weight excluding hydrogens is 284 g/mol. The van der Waals surface area contributed by atoms with Crippen molar-refractivity contribution in [2.45, 2.75) is 11.1 Å². The van der Waals surface area contributed by atoms with E-state index in [0.29, 0.717) is 12.1 Å². The van der Waals surface area contributed by atoms with Gasteiger partial charge in [0.05, 0.1) is 18.2 Å². The van der Waals surface area contributed by atoms with Gasteiger partial charge in [-0.15, -0.1) is 0 Å². The number of alkyl halides is 3. The number of rotatable bonds is 2. The maximum Gasteiger partial charge on any atom is 1.00 e. The fourth-order valence-corrected chi connectivity index (χ4v) is 1.54. The van der Waals surface area contributed by atoms with Gasteiger partial charge in [-0.3, -0.25) is 4.21 Å². The minimum atomic E-state index is -4.74. The zero-order valence-corrected chi connectivity index (χ0v) is 12.2. The van der Waals surface area contributed by atoms with Crippen LogP contribution in [0, 0.1) is 0 Å². The predicted molar refractivity (Wildman–Crippen MR) is 50.0 cm³/mol. The summed E-state index contributed by atoms with van der Waals surface area (Å²) in [5, 5.41) is 0. The molecule has 18 heavy (non-hydrogen) atoms. The quantitative estimate of drug-likeness (QED) is 0.387. The van der Waals surface area contributed by atoms with E-state index in [1.165, 1.54) is 0 Å². The third kappa shape index (κ3) is 4.36. The topological polar surface area (TPSA) is 66.4 Å². The fourth-order valence-electron chi connectivity index (χ4n) is 1.09. The molecule has 0 heterocycles. The Morgan fingerprint density at radius 2 is 1.89 bits per heavy atom. The van der Waals surface area contributed by atoms with Crippen LogP contribution in [0.4, 0.5) is 13.2 Å². The summed E-state index contributed by atoms with van der Waals surface area (Å²) in [5.74, 6) is -1.04. The Bertz CT molecular complexity index is 475. The molecule has 0 aliphatic rings. The summed E-state index contributed by atoms with van der Waals surface area (Å²) < 4.78 is 62.8. The third-order valence-corrected chi connectivity index (χ3v) is 2.47. The molecule has 0 spiro atoms. The van der Waals surface area contributed by atoms with Gasteiger partial charge in [-0.25, -0.2) is 4.79 Å². The second-order valence-corrected chi connectivity index (χ2v) is 3.91. The molecule has 0 aliphatic heterocycles. The number of hydrogen-bond donors (Lipinski definition) is 0. The van der Waals surface area contributed by atoms with E-state index in [9.17, 15) is 26.7 Å². The summed E-state index contributed by atoms with van der Waals surface area (Å²) in [7, 11) is 0.983. The van der Waals surface area contributed by atoms with Crippen molar-refractivity contribution in [2.24, 2.45) is 0 Å². The number of carbonyl (C=O) groups excluding carboxylic acids is 1. The first-order valence-corrected chi connectivity index (χ1v) is 5.23. The molecule has 0 saturated carbocycles. The van der Waals surface area contributed by atoms with Gasteiger partial charge in [0, 0.05) is 4.90 Å². The zero-order valence-electron chi connectivity index (χ0n) is 9.41. The summed E-state index contributed by atoms with van der Waals surface area (Å²) in [5.41, 5.74) is -1.69. The molecule has 94 valence electrons. The third-order valence-electron chi connectivity index (χ3n) is 1.85. The van der Waals surface area contributed by atoms with Crippen molar-refractivity contribution in [3.8, 4) is 0 Å². The molecule has 0 N–H and O–H groups in total. The minimum absolute atomic E-state index is 0. The van der Waals surface area contributed by atoms with E-state index in [4.69, 9.17) is 0 Å². The van der Waals surface area contributed by atoms with E-state index < -0.39 is 39.2 Å². The molecule has 1 unspecified atom stereocenters. The first-order chi connectivity index (χ1) is 7.75. The van der Waals surface area contributed by atoms with Crippen LogP contribution in [0.1, 0.15) is 15.9 Å². The van der Waals surface area contributed by atoms with Crippen molar-refractivity contribution in [3.05, 3.63) is 29.3 Å². The average molecular weight is 290 g/mol. The predicted octanol–water partition coefficient (Wildman–Crippen LogP) is -1.27. The molecule has 0 fully saturated rings. The van der Waals surface area contributed by atoms with E-state index in [1.54, 1.807) is 0 Å². The number of carbonyl (C=O) groups is 1. The normalized spacial score (nSPS) is 12.5. The van der Waals surface area contributed by atoms with Crippen molar-refractivity contribution in [1.29, 1.82) is 0 Å². The molecule has 0 amide bonds. The Morgan fingerprint density at radius 3 is 2.28 bits per heavy atom. The Morgan fingerprint density at radius 1 is 1.33 bits per heavy atom. The van der Waals surface area contributed by atoms with E-state index in [0.717, 1.165) is 13.2 Å². The molecule has 0 aliphatic carbocycles. The Labute approximate surface area is 125 Å². The maximum atomic E-state index is 12.4. The number of hydrogen-bond acceptors (Lipinski definition) is 4. The standard InChI is InChI=1S/C9H7F3O4S.Na/c1-16-8(13)5-2-6(9(10,11)12)4-7(3-5)17(14)15;/h2-4H,1H3,(H,14,15);/q;+1/p-1. The zero-order chi connectivity index (χ0) is 13.2. The van der Waals surface area contributed by atoms with Crippen LogP contribution in [0.2, 0.25) is 0 Å². The monoisotopic (exact) mass is 290 g/mol. The van der Waals surface area contributed by atoms with Crippen molar-refractivity contribution in [2.75, 3.05) is 7.11 Å². The first-order valence-electron chi connectivity index (χ1n) is 4.15. The van der Waals surface area contributed by atoms with Crippen LogP contribution < -0.4 is 29.6 Å². The SMILES string of the molecule is COC(=O)c1cc(S(=O)[O-])cc(C(F)(F)F)c1.[Na+]. The van der Waals surface area contributed by atoms with Crippen LogP contribution in [0.5, 0.6) is 0 Å². The molecule has 0 aromatic heterocycles. The van der Waals surface area contributed by atoms with E-state index in [1.807, 2.05) is 0 Å². The molecule has 1 aromatic carbocycles. The van der Waals surface area contributed by atoms with Gasteiger partial charge in [-0.05, 0) is 29.3 Å². The number of benzene rings is 1. The summed E-state index contributed by atoms with van der Waals surface area (Å²) in [6.45, 7) is 0. The van der Waals surface area contributed by atoms with E-state index in [2.05, 4.69) is 4.74 Å². The molecule has 9 heteroatoms. The van der Waals surface area contributed by atoms with Crippen LogP contribution in [0.3, 0.4) is 0 Å². The van der Waals surface area contributed by atoms with Crippen LogP contribution in [0.15, 0.2) is 23.1 Å². The Kier molecular flexibility index (Phi) is 6.52. The van der Waals surface area contributed by atoms with Gasteiger partial charge in [0.15, 0.2) is 0 Å². The largest absolute Gasteiger partial charge is 1.00 e. The van der Waals surface area contributed by atoms with Gasteiger partial charge in [0.2, 0.25) is 0 Å². The molecule has 1 aromatic rings. The molecule has 1 rings (SSSR count). The van der Waals surface area contributed by atoms with Gasteiger partial charge >= 0.3 is 41.7 Å². The fraction of sp³-hybridized carbons (Fsp3) is 0.222. The number of ether oxygens (including phenoxy) is 1. The first kappa shape index (κ1) is 17.6. The summed E-state index contributed by atoms with van der Waals surface area (Å²) in [6, 6.07) is 1.78. The van der Waals surface area contributed by atoms with Crippen molar-refractivity contribution < 1.29 is 61.0 Å². The molecule has 0 bridgehead atoms. The number of esters is 1. The maximum absolute atomic E-state index is 12.4. The van der Waals surface area contributed by atoms with Crippen LogP contribution >= 0.6 is 0 Å². The van der Waals surface area contributed by atoms with E-state index in [-0.39, 0.29) is 29.6 Å². The smallest absolute Gasteiger partial charge is 0.768 e. The van der Waals surface area contributed by atoms with Crippen LogP contribution in [-0.4, -0.2) is 21.8 Å². The van der Waals surface area contributed by atoms with E-state index >= 15 is 0 Å². The molecule has 1 atom stereocenters. The minimum Gasteiger partial charge on any atom is -0.768 e. The number of halogens is 3.